The summed E-state index contributed by atoms with van der Waals surface area (Å²) in [4.78, 5) is 24.4. The molecule has 1 aliphatic rings. The molecule has 1 atom stereocenters. The van der Waals surface area contributed by atoms with Crippen molar-refractivity contribution in [1.82, 2.24) is 4.90 Å². The number of aliphatic carboxylic acids is 1. The van der Waals surface area contributed by atoms with Gasteiger partial charge in [-0.05, 0) is 24.6 Å². The van der Waals surface area contributed by atoms with E-state index in [0.717, 1.165) is 22.2 Å². The first-order valence-corrected chi connectivity index (χ1v) is 7.90. The Labute approximate surface area is 142 Å². The summed E-state index contributed by atoms with van der Waals surface area (Å²) in [5, 5.41) is 11.3. The van der Waals surface area contributed by atoms with Crippen LogP contribution in [0.5, 0.6) is 0 Å². The van der Waals surface area contributed by atoms with Crippen LogP contribution in [0.4, 0.5) is 0 Å². The minimum Gasteiger partial charge on any atom is -0.548 e. The van der Waals surface area contributed by atoms with Crippen LogP contribution in [0, 0.1) is 0 Å². The first-order valence-electron chi connectivity index (χ1n) is 6.30. The first kappa shape index (κ1) is 16.7. The van der Waals surface area contributed by atoms with Crippen LogP contribution in [0.2, 0.25) is 0 Å². The van der Waals surface area contributed by atoms with Gasteiger partial charge in [0.1, 0.15) is 4.32 Å². The number of carbonyl (C=O) groups excluding carboxylic acids is 2. The Morgan fingerprint density at radius 3 is 2.64 bits per heavy atom. The van der Waals surface area contributed by atoms with Crippen molar-refractivity contribution < 1.29 is 14.7 Å². The molecule has 0 aliphatic carbocycles. The lowest BCUT2D eigenvalue weighted by Crippen LogP contribution is -2.48. The van der Waals surface area contributed by atoms with Crippen molar-refractivity contribution in [2.75, 3.05) is 0 Å². The minimum absolute atomic E-state index is 0.178. The number of benzene rings is 1. The molecule has 0 bridgehead atoms. The van der Waals surface area contributed by atoms with E-state index >= 15 is 0 Å². The third-order valence-electron chi connectivity index (χ3n) is 2.93. The molecule has 114 valence electrons. The molecular formula is C15H11ClNO3S2-. The summed E-state index contributed by atoms with van der Waals surface area (Å²) >= 11 is 12.2. The number of allylic oxidation sites excluding steroid dienone is 2. The molecule has 1 heterocycles. The second-order valence-electron chi connectivity index (χ2n) is 4.49. The third-order valence-corrected chi connectivity index (χ3v) is 4.47. The molecule has 1 fully saturated rings. The molecule has 1 aromatic rings. The maximum absolute atomic E-state index is 12.2. The van der Waals surface area contributed by atoms with E-state index < -0.39 is 17.9 Å². The quantitative estimate of drug-likeness (QED) is 0.614. The molecule has 1 aliphatic heterocycles. The SMILES string of the molecule is C[C@H](C(=O)[O-])N1C(=O)/C(=C/C(Cl)=C/c2ccccc2)SC1=S. The van der Waals surface area contributed by atoms with E-state index in [1.54, 1.807) is 6.08 Å². The monoisotopic (exact) mass is 352 g/mol. The van der Waals surface area contributed by atoms with Crippen LogP contribution in [0.25, 0.3) is 6.08 Å². The number of thioether (sulfide) groups is 1. The van der Waals surface area contributed by atoms with Gasteiger partial charge < -0.3 is 9.90 Å². The van der Waals surface area contributed by atoms with Crippen molar-refractivity contribution in [3.05, 3.63) is 51.9 Å². The molecular weight excluding hydrogens is 342 g/mol. The van der Waals surface area contributed by atoms with Crippen molar-refractivity contribution in [2.24, 2.45) is 0 Å². The Hall–Kier alpha value is -1.63. The number of hydrogen-bond acceptors (Lipinski definition) is 5. The van der Waals surface area contributed by atoms with Gasteiger partial charge in [-0.25, -0.2) is 0 Å². The Balaban J connectivity index is 2.23. The predicted octanol–water partition coefficient (Wildman–Crippen LogP) is 2.15. The van der Waals surface area contributed by atoms with Crippen molar-refractivity contribution in [3.63, 3.8) is 0 Å². The summed E-state index contributed by atoms with van der Waals surface area (Å²) in [5.74, 6) is -1.84. The van der Waals surface area contributed by atoms with Gasteiger partial charge in [-0.3, -0.25) is 9.69 Å². The fourth-order valence-corrected chi connectivity index (χ4v) is 3.50. The van der Waals surface area contributed by atoms with Gasteiger partial charge >= 0.3 is 0 Å². The minimum atomic E-state index is -1.36. The average Bonchev–Trinajstić information content (AvgIpc) is 2.73. The second kappa shape index (κ2) is 7.09. The van der Waals surface area contributed by atoms with E-state index in [9.17, 15) is 14.7 Å². The lowest BCUT2D eigenvalue weighted by atomic mass is 10.2. The van der Waals surface area contributed by atoms with Gasteiger partial charge in [-0.1, -0.05) is 65.9 Å². The van der Waals surface area contributed by atoms with E-state index in [1.807, 2.05) is 30.3 Å². The van der Waals surface area contributed by atoms with Crippen molar-refractivity contribution >= 4 is 57.9 Å². The molecule has 22 heavy (non-hydrogen) atoms. The largest absolute Gasteiger partial charge is 0.548 e. The smallest absolute Gasteiger partial charge is 0.266 e. The number of nitrogens with zero attached hydrogens (tertiary/aromatic N) is 1. The van der Waals surface area contributed by atoms with Crippen LogP contribution in [-0.4, -0.2) is 27.1 Å². The molecule has 0 aromatic heterocycles. The first-order chi connectivity index (χ1) is 10.4. The predicted molar refractivity (Wildman–Crippen MR) is 89.9 cm³/mol. The maximum Gasteiger partial charge on any atom is 0.266 e. The molecule has 1 aromatic carbocycles. The number of rotatable bonds is 4. The number of halogens is 1. The Morgan fingerprint density at radius 2 is 2.05 bits per heavy atom. The van der Waals surface area contributed by atoms with Crippen LogP contribution in [-0.2, 0) is 9.59 Å². The molecule has 0 saturated carbocycles. The van der Waals surface area contributed by atoms with Crippen molar-refractivity contribution in [3.8, 4) is 0 Å². The van der Waals surface area contributed by atoms with E-state index in [0.29, 0.717) is 5.03 Å². The highest BCUT2D eigenvalue weighted by molar-refractivity contribution is 8.26. The van der Waals surface area contributed by atoms with Crippen molar-refractivity contribution in [1.29, 1.82) is 0 Å². The highest BCUT2D eigenvalue weighted by Crippen LogP contribution is 2.33. The standard InChI is InChI=1S/C15H12ClNO3S2/c1-9(14(19)20)17-13(18)12(22-15(17)21)8-11(16)7-10-5-3-2-4-6-10/h2-9H,1H3,(H,19,20)/p-1/b11-7-,12-8-/t9-/m1/s1. The third kappa shape index (κ3) is 3.76. The summed E-state index contributed by atoms with van der Waals surface area (Å²) in [6, 6.07) is 8.26. The van der Waals surface area contributed by atoms with Gasteiger partial charge in [0.25, 0.3) is 5.91 Å². The fourth-order valence-electron chi connectivity index (χ4n) is 1.79. The van der Waals surface area contributed by atoms with Crippen LogP contribution >= 0.6 is 35.6 Å². The zero-order valence-corrected chi connectivity index (χ0v) is 13.9. The van der Waals surface area contributed by atoms with E-state index in [4.69, 9.17) is 23.8 Å². The zero-order valence-electron chi connectivity index (χ0n) is 11.5. The topological polar surface area (TPSA) is 60.4 Å². The van der Waals surface area contributed by atoms with Crippen LogP contribution < -0.4 is 5.11 Å². The molecule has 1 amide bonds. The molecule has 7 heteroatoms. The number of carbonyl (C=O) groups is 2. The number of thiocarbonyl (C=S) groups is 1. The highest BCUT2D eigenvalue weighted by atomic mass is 35.5. The molecule has 0 radical (unpaired) electrons. The molecule has 4 nitrogen and oxygen atoms in total. The molecule has 0 N–H and O–H groups in total. The average molecular weight is 353 g/mol. The maximum atomic E-state index is 12.2. The summed E-state index contributed by atoms with van der Waals surface area (Å²) in [6.45, 7) is 1.35. The van der Waals surface area contributed by atoms with E-state index in [1.165, 1.54) is 13.0 Å². The number of carboxylic acids is 1. The fraction of sp³-hybridized carbons (Fsp3) is 0.133. The molecule has 0 unspecified atom stereocenters. The van der Waals surface area contributed by atoms with Gasteiger partial charge in [-0.2, -0.15) is 0 Å². The zero-order chi connectivity index (χ0) is 16.3. The van der Waals surface area contributed by atoms with Crippen LogP contribution in [0.15, 0.2) is 46.3 Å². The van der Waals surface area contributed by atoms with Crippen LogP contribution in [0.1, 0.15) is 12.5 Å². The lowest BCUT2D eigenvalue weighted by Gasteiger charge is -2.23. The summed E-state index contributed by atoms with van der Waals surface area (Å²) in [5.41, 5.74) is 0.891. The Bertz CT molecular complexity index is 685. The van der Waals surface area contributed by atoms with Gasteiger partial charge in [0.05, 0.1) is 16.9 Å². The van der Waals surface area contributed by atoms with E-state index in [-0.39, 0.29) is 9.23 Å². The van der Waals surface area contributed by atoms with Gasteiger partial charge in [0, 0.05) is 5.03 Å². The highest BCUT2D eigenvalue weighted by Gasteiger charge is 2.35. The summed E-state index contributed by atoms with van der Waals surface area (Å²) in [7, 11) is 0. The number of hydrogen-bond donors (Lipinski definition) is 0. The molecule has 0 spiro atoms. The van der Waals surface area contributed by atoms with Gasteiger partial charge in [-0.15, -0.1) is 0 Å². The number of amides is 1. The Morgan fingerprint density at radius 1 is 1.41 bits per heavy atom. The van der Waals surface area contributed by atoms with Gasteiger partial charge in [0.2, 0.25) is 0 Å². The van der Waals surface area contributed by atoms with Gasteiger partial charge in [0.15, 0.2) is 0 Å². The summed E-state index contributed by atoms with van der Waals surface area (Å²) in [6.07, 6.45) is 3.19. The van der Waals surface area contributed by atoms with E-state index in [2.05, 4.69) is 0 Å². The van der Waals surface area contributed by atoms with Crippen molar-refractivity contribution in [2.45, 2.75) is 13.0 Å². The Kier molecular flexibility index (Phi) is 5.39. The second-order valence-corrected chi connectivity index (χ2v) is 6.60. The van der Waals surface area contributed by atoms with Crippen LogP contribution in [0.3, 0.4) is 0 Å². The normalized spacial score (nSPS) is 18.9. The molecule has 2 rings (SSSR count). The number of carboxylic acid groups (broad SMARTS) is 1. The molecule has 1 saturated heterocycles. The lowest BCUT2D eigenvalue weighted by molar-refractivity contribution is -0.309. The summed E-state index contributed by atoms with van der Waals surface area (Å²) < 4.78 is 0.178.